The smallest absolute Gasteiger partial charge is 0.416 e. The van der Waals surface area contributed by atoms with Gasteiger partial charge in [0.2, 0.25) is 5.95 Å². The fourth-order valence-corrected chi connectivity index (χ4v) is 3.97. The van der Waals surface area contributed by atoms with Gasteiger partial charge in [0.05, 0.1) is 16.7 Å². The Hall–Kier alpha value is -3.39. The summed E-state index contributed by atoms with van der Waals surface area (Å²) in [5.74, 6) is -1.11. The number of nitrogens with zero attached hydrogens (tertiary/aromatic N) is 3. The minimum absolute atomic E-state index is 0.0314. The van der Waals surface area contributed by atoms with Crippen molar-refractivity contribution in [2.24, 2.45) is 0 Å². The average molecular weight is 533 g/mol. The third-order valence-electron chi connectivity index (χ3n) is 4.79. The zero-order chi connectivity index (χ0) is 26.7. The molecule has 3 aromatic rings. The Bertz CT molecular complexity index is 1190. The molecule has 0 fully saturated rings. The predicted molar refractivity (Wildman–Crippen MR) is 124 cm³/mol. The second-order valence-corrected chi connectivity index (χ2v) is 9.01. The Kier molecular flexibility index (Phi) is 8.09. The van der Waals surface area contributed by atoms with E-state index in [9.17, 15) is 36.2 Å². The van der Waals surface area contributed by atoms with Gasteiger partial charge in [-0.2, -0.15) is 31.3 Å². The first kappa shape index (κ1) is 27.2. The van der Waals surface area contributed by atoms with E-state index in [1.807, 2.05) is 19.0 Å². The molecule has 0 unspecified atom stereocenters. The summed E-state index contributed by atoms with van der Waals surface area (Å²) in [4.78, 5) is 22.1. The van der Waals surface area contributed by atoms with Crippen molar-refractivity contribution in [2.75, 3.05) is 37.8 Å². The average Bonchev–Trinajstić information content (AvgIpc) is 3.26. The molecule has 3 N–H and O–H groups in total. The van der Waals surface area contributed by atoms with Crippen molar-refractivity contribution in [3.05, 3.63) is 52.5 Å². The van der Waals surface area contributed by atoms with Crippen molar-refractivity contribution in [3.8, 4) is 10.4 Å². The van der Waals surface area contributed by atoms with Crippen LogP contribution in [-0.4, -0.2) is 53.1 Å². The topological polar surface area (TPSA) is 90.4 Å². The van der Waals surface area contributed by atoms with Gasteiger partial charge in [0, 0.05) is 23.3 Å². The molecule has 0 saturated carbocycles. The number of halogens is 6. The van der Waals surface area contributed by atoms with Gasteiger partial charge in [0.1, 0.15) is 10.7 Å². The number of anilines is 3. The van der Waals surface area contributed by atoms with E-state index in [1.165, 1.54) is 12.3 Å². The molecule has 2 heterocycles. The maximum atomic E-state index is 13.2. The van der Waals surface area contributed by atoms with E-state index >= 15 is 0 Å². The van der Waals surface area contributed by atoms with Crippen molar-refractivity contribution in [3.63, 3.8) is 0 Å². The number of carboxylic acids is 1. The molecular weight excluding hydrogens is 512 g/mol. The molecule has 0 atom stereocenters. The second-order valence-electron chi connectivity index (χ2n) is 7.93. The Labute approximate surface area is 205 Å². The van der Waals surface area contributed by atoms with E-state index in [0.717, 1.165) is 17.9 Å². The van der Waals surface area contributed by atoms with Crippen molar-refractivity contribution < 1.29 is 36.2 Å². The molecule has 194 valence electrons. The number of nitrogens with one attached hydrogen (secondary N) is 2. The molecule has 2 aromatic heterocycles. The predicted octanol–water partition coefficient (Wildman–Crippen LogP) is 6.05. The van der Waals surface area contributed by atoms with Gasteiger partial charge in [-0.15, -0.1) is 11.3 Å². The lowest BCUT2D eigenvalue weighted by molar-refractivity contribution is -0.143. The van der Waals surface area contributed by atoms with Crippen LogP contribution in [0.3, 0.4) is 0 Å². The summed E-state index contributed by atoms with van der Waals surface area (Å²) in [5, 5.41) is 14.7. The van der Waals surface area contributed by atoms with Crippen LogP contribution in [0.15, 0.2) is 36.5 Å². The van der Waals surface area contributed by atoms with Crippen LogP contribution in [-0.2, 0) is 12.4 Å². The summed E-state index contributed by atoms with van der Waals surface area (Å²) < 4.78 is 79.1. The summed E-state index contributed by atoms with van der Waals surface area (Å²) in [6.45, 7) is 1.19. The fraction of sp³-hybridized carbons (Fsp3) is 0.318. The summed E-state index contributed by atoms with van der Waals surface area (Å²) >= 11 is 0.973. The fourth-order valence-electron chi connectivity index (χ4n) is 3.11. The van der Waals surface area contributed by atoms with Crippen LogP contribution >= 0.6 is 11.3 Å². The molecule has 0 bridgehead atoms. The van der Waals surface area contributed by atoms with Gasteiger partial charge in [-0.3, -0.25) is 0 Å². The number of aromatic nitrogens is 2. The normalized spacial score (nSPS) is 12.1. The Morgan fingerprint density at radius 2 is 1.69 bits per heavy atom. The van der Waals surface area contributed by atoms with Crippen molar-refractivity contribution in [1.82, 2.24) is 14.9 Å². The molecule has 0 aliphatic rings. The second kappa shape index (κ2) is 10.7. The number of alkyl halides is 6. The SMILES string of the molecule is CN(C)CCCNc1nc(Nc2cc(C(F)(F)F)cc(C(F)(F)F)c2)ncc1-c1ccc(C(=O)O)s1. The number of hydrogen-bond donors (Lipinski definition) is 3. The summed E-state index contributed by atoms with van der Waals surface area (Å²) in [6, 6.07) is 4.08. The maximum absolute atomic E-state index is 13.2. The highest BCUT2D eigenvalue weighted by Gasteiger charge is 2.37. The molecule has 0 radical (unpaired) electrons. The molecule has 36 heavy (non-hydrogen) atoms. The van der Waals surface area contributed by atoms with Gasteiger partial charge in [0.25, 0.3) is 0 Å². The van der Waals surface area contributed by atoms with E-state index in [1.54, 1.807) is 6.07 Å². The van der Waals surface area contributed by atoms with Crippen LogP contribution in [0.5, 0.6) is 0 Å². The van der Waals surface area contributed by atoms with Crippen LogP contribution in [0.1, 0.15) is 27.2 Å². The van der Waals surface area contributed by atoms with Crippen LogP contribution in [0, 0.1) is 0 Å². The minimum atomic E-state index is -5.00. The first-order valence-corrected chi connectivity index (χ1v) is 11.2. The zero-order valence-electron chi connectivity index (χ0n) is 19.0. The van der Waals surface area contributed by atoms with Gasteiger partial charge in [0.15, 0.2) is 0 Å². The highest BCUT2D eigenvalue weighted by molar-refractivity contribution is 7.17. The Morgan fingerprint density at radius 1 is 1.06 bits per heavy atom. The number of benzene rings is 1. The molecule has 0 spiro atoms. The van der Waals surface area contributed by atoms with Crippen molar-refractivity contribution in [2.45, 2.75) is 18.8 Å². The van der Waals surface area contributed by atoms with Crippen LogP contribution < -0.4 is 10.6 Å². The third-order valence-corrected chi connectivity index (χ3v) is 5.90. The van der Waals surface area contributed by atoms with Crippen LogP contribution in [0.25, 0.3) is 10.4 Å². The van der Waals surface area contributed by atoms with Gasteiger partial charge in [-0.25, -0.2) is 9.78 Å². The summed E-state index contributed by atoms with van der Waals surface area (Å²) in [7, 11) is 3.78. The lowest BCUT2D eigenvalue weighted by atomic mass is 10.1. The lowest BCUT2D eigenvalue weighted by Crippen LogP contribution is -2.17. The molecule has 3 rings (SSSR count). The number of rotatable bonds is 9. The van der Waals surface area contributed by atoms with Crippen molar-refractivity contribution >= 4 is 34.8 Å². The first-order valence-electron chi connectivity index (χ1n) is 10.4. The molecule has 0 amide bonds. The highest BCUT2D eigenvalue weighted by Crippen LogP contribution is 2.38. The van der Waals surface area contributed by atoms with Gasteiger partial charge < -0.3 is 20.6 Å². The quantitative estimate of drug-likeness (QED) is 0.228. The maximum Gasteiger partial charge on any atom is 0.416 e. The molecule has 0 aliphatic heterocycles. The molecular formula is C22H21F6N5O2S. The number of carboxylic acid groups (broad SMARTS) is 1. The van der Waals surface area contributed by atoms with Crippen molar-refractivity contribution in [1.29, 1.82) is 0 Å². The van der Waals surface area contributed by atoms with Gasteiger partial charge >= 0.3 is 18.3 Å². The number of thiophene rings is 1. The standard InChI is InChI=1S/C22H21F6N5O2S/c1-33(2)7-3-6-29-18-15(16-4-5-17(36-16)19(34)35)11-30-20(32-18)31-14-9-12(21(23,24)25)8-13(10-14)22(26,27)28/h4-5,8-11H,3,6-7H2,1-2H3,(H,34,35)(H2,29,30,31,32). The van der Waals surface area contributed by atoms with E-state index in [-0.39, 0.29) is 22.7 Å². The first-order chi connectivity index (χ1) is 16.7. The summed E-state index contributed by atoms with van der Waals surface area (Å²) in [5.41, 5.74) is -3.01. The largest absolute Gasteiger partial charge is 0.477 e. The Balaban J connectivity index is 1.97. The number of carbonyl (C=O) groups is 1. The zero-order valence-corrected chi connectivity index (χ0v) is 19.8. The lowest BCUT2D eigenvalue weighted by Gasteiger charge is -2.16. The molecule has 0 saturated heterocycles. The minimum Gasteiger partial charge on any atom is -0.477 e. The Morgan fingerprint density at radius 3 is 2.22 bits per heavy atom. The molecule has 14 heteroatoms. The molecule has 7 nitrogen and oxygen atoms in total. The third kappa shape index (κ3) is 7.07. The van der Waals surface area contributed by atoms with Gasteiger partial charge in [-0.05, 0) is 57.4 Å². The van der Waals surface area contributed by atoms with E-state index < -0.39 is 35.1 Å². The molecule has 0 aliphatic carbocycles. The van der Waals surface area contributed by atoms with Gasteiger partial charge in [-0.1, -0.05) is 0 Å². The van der Waals surface area contributed by atoms with Crippen LogP contribution in [0.4, 0.5) is 43.8 Å². The molecule has 1 aromatic carbocycles. The highest BCUT2D eigenvalue weighted by atomic mass is 32.1. The van der Waals surface area contributed by atoms with E-state index in [2.05, 4.69) is 20.6 Å². The van der Waals surface area contributed by atoms with E-state index in [4.69, 9.17) is 0 Å². The van der Waals surface area contributed by atoms with E-state index in [0.29, 0.717) is 35.5 Å². The van der Waals surface area contributed by atoms with Crippen LogP contribution in [0.2, 0.25) is 0 Å². The summed E-state index contributed by atoms with van der Waals surface area (Å²) in [6.07, 6.45) is -7.98. The monoisotopic (exact) mass is 533 g/mol. The number of aromatic carboxylic acids is 1. The number of hydrogen-bond acceptors (Lipinski definition) is 7.